The van der Waals surface area contributed by atoms with Crippen molar-refractivity contribution in [1.82, 2.24) is 4.90 Å². The summed E-state index contributed by atoms with van der Waals surface area (Å²) in [5.74, 6) is -0.200. The van der Waals surface area contributed by atoms with Gasteiger partial charge in [0, 0.05) is 7.05 Å². The van der Waals surface area contributed by atoms with Crippen molar-refractivity contribution in [3.05, 3.63) is 35.4 Å². The molecule has 0 saturated carbocycles. The molecule has 1 aliphatic heterocycles. The molecule has 2 atom stereocenters. The van der Waals surface area contributed by atoms with Crippen LogP contribution in [0.5, 0.6) is 0 Å². The van der Waals surface area contributed by atoms with Crippen molar-refractivity contribution >= 4 is 15.7 Å². The van der Waals surface area contributed by atoms with Crippen molar-refractivity contribution < 1.29 is 13.2 Å². The Morgan fingerprint density at radius 3 is 2.70 bits per heavy atom. The second-order valence-corrected chi connectivity index (χ2v) is 8.03. The van der Waals surface area contributed by atoms with Crippen molar-refractivity contribution in [3.8, 4) is 0 Å². The van der Waals surface area contributed by atoms with Crippen LogP contribution in [0.15, 0.2) is 24.3 Å². The number of fused-ring (bicyclic) bond motifs is 1. The number of carbonyl (C=O) groups excluding carboxylic acids is 1. The molecule has 1 aromatic rings. The average Bonchev–Trinajstić information content (AvgIpc) is 3.00. The molecular weight excluding hydrogens is 274 g/mol. The molecule has 1 fully saturated rings. The van der Waals surface area contributed by atoms with Crippen LogP contribution in [0.4, 0.5) is 0 Å². The molecule has 3 rings (SSSR count). The number of rotatable bonds is 2. The van der Waals surface area contributed by atoms with Crippen LogP contribution in [0.25, 0.3) is 0 Å². The van der Waals surface area contributed by atoms with Crippen molar-refractivity contribution in [2.45, 2.75) is 25.3 Å². The zero-order chi connectivity index (χ0) is 14.3. The Morgan fingerprint density at radius 1 is 1.25 bits per heavy atom. The highest BCUT2D eigenvalue weighted by atomic mass is 32.2. The first kappa shape index (κ1) is 13.6. The van der Waals surface area contributed by atoms with Gasteiger partial charge in [0.15, 0.2) is 9.84 Å². The third-order valence-electron chi connectivity index (χ3n) is 4.50. The summed E-state index contributed by atoms with van der Waals surface area (Å²) >= 11 is 0. The van der Waals surface area contributed by atoms with E-state index in [2.05, 4.69) is 12.1 Å². The molecule has 2 aliphatic rings. The second kappa shape index (κ2) is 4.88. The van der Waals surface area contributed by atoms with Gasteiger partial charge in [-0.15, -0.1) is 0 Å². The summed E-state index contributed by atoms with van der Waals surface area (Å²) in [7, 11) is -1.20. The Kier molecular flexibility index (Phi) is 3.32. The molecule has 20 heavy (non-hydrogen) atoms. The smallest absolute Gasteiger partial charge is 0.226 e. The molecule has 1 aliphatic carbocycles. The molecule has 1 heterocycles. The van der Waals surface area contributed by atoms with E-state index in [0.29, 0.717) is 6.42 Å². The number of hydrogen-bond donors (Lipinski definition) is 0. The first-order chi connectivity index (χ1) is 9.48. The quantitative estimate of drug-likeness (QED) is 0.831. The van der Waals surface area contributed by atoms with Crippen LogP contribution < -0.4 is 0 Å². The van der Waals surface area contributed by atoms with Gasteiger partial charge in [-0.2, -0.15) is 0 Å². The van der Waals surface area contributed by atoms with Crippen molar-refractivity contribution in [3.63, 3.8) is 0 Å². The number of amides is 1. The number of aryl methyl sites for hydroxylation is 1. The number of benzene rings is 1. The van der Waals surface area contributed by atoms with Crippen LogP contribution in [0, 0.1) is 5.92 Å². The maximum Gasteiger partial charge on any atom is 0.226 e. The Hall–Kier alpha value is -1.36. The normalized spacial score (nSPS) is 27.2. The molecule has 0 bridgehead atoms. The van der Waals surface area contributed by atoms with Gasteiger partial charge >= 0.3 is 0 Å². The highest BCUT2D eigenvalue weighted by Gasteiger charge is 2.37. The lowest BCUT2D eigenvalue weighted by Crippen LogP contribution is -2.35. The van der Waals surface area contributed by atoms with E-state index in [1.807, 2.05) is 12.1 Å². The number of sulfone groups is 1. The van der Waals surface area contributed by atoms with Crippen LogP contribution in [-0.4, -0.2) is 37.8 Å². The summed E-state index contributed by atoms with van der Waals surface area (Å²) < 4.78 is 23.0. The summed E-state index contributed by atoms with van der Waals surface area (Å²) in [6.45, 7) is 0. The van der Waals surface area contributed by atoms with E-state index in [1.54, 1.807) is 11.9 Å². The fraction of sp³-hybridized carbons (Fsp3) is 0.533. The zero-order valence-electron chi connectivity index (χ0n) is 11.6. The Labute approximate surface area is 119 Å². The van der Waals surface area contributed by atoms with Gasteiger partial charge in [0.25, 0.3) is 0 Å². The van der Waals surface area contributed by atoms with E-state index in [4.69, 9.17) is 0 Å². The van der Waals surface area contributed by atoms with E-state index in [1.165, 1.54) is 11.1 Å². The molecule has 1 aromatic carbocycles. The van der Waals surface area contributed by atoms with Crippen LogP contribution in [0.3, 0.4) is 0 Å². The Morgan fingerprint density at radius 2 is 2.00 bits per heavy atom. The Balaban J connectivity index is 1.77. The van der Waals surface area contributed by atoms with E-state index < -0.39 is 9.84 Å². The maximum absolute atomic E-state index is 12.5. The molecular formula is C15H19NO3S. The first-order valence-corrected chi connectivity index (χ1v) is 8.85. The van der Waals surface area contributed by atoms with E-state index >= 15 is 0 Å². The first-order valence-electron chi connectivity index (χ1n) is 7.03. The fourth-order valence-electron chi connectivity index (χ4n) is 3.37. The fourth-order valence-corrected chi connectivity index (χ4v) is 5.10. The molecule has 0 spiro atoms. The zero-order valence-corrected chi connectivity index (χ0v) is 12.4. The van der Waals surface area contributed by atoms with Crippen molar-refractivity contribution in [2.24, 2.45) is 5.92 Å². The van der Waals surface area contributed by atoms with Crippen molar-refractivity contribution in [1.29, 1.82) is 0 Å². The van der Waals surface area contributed by atoms with E-state index in [9.17, 15) is 13.2 Å². The Bertz CT molecular complexity index is 638. The van der Waals surface area contributed by atoms with Crippen molar-refractivity contribution in [2.75, 3.05) is 18.6 Å². The highest BCUT2D eigenvalue weighted by Crippen LogP contribution is 2.36. The standard InChI is InChI=1S/C15H19NO3S/c1-16(15(17)12-8-9-20(18,19)10-12)14-7-6-11-4-2-3-5-13(11)14/h2-5,12,14H,6-10H2,1H3. The summed E-state index contributed by atoms with van der Waals surface area (Å²) in [5.41, 5.74) is 2.51. The van der Waals surface area contributed by atoms with Crippen LogP contribution in [-0.2, 0) is 21.1 Å². The van der Waals surface area contributed by atoms with Gasteiger partial charge in [0.1, 0.15) is 0 Å². The molecule has 0 N–H and O–H groups in total. The van der Waals surface area contributed by atoms with Gasteiger partial charge in [-0.3, -0.25) is 4.79 Å². The minimum absolute atomic E-state index is 0.0184. The van der Waals surface area contributed by atoms with Crippen LogP contribution in [0.1, 0.15) is 30.0 Å². The lowest BCUT2D eigenvalue weighted by atomic mass is 10.0. The molecule has 4 nitrogen and oxygen atoms in total. The summed E-state index contributed by atoms with van der Waals surface area (Å²) in [5, 5.41) is 0. The molecule has 1 amide bonds. The highest BCUT2D eigenvalue weighted by molar-refractivity contribution is 7.91. The van der Waals surface area contributed by atoms with Gasteiger partial charge in [-0.1, -0.05) is 24.3 Å². The SMILES string of the molecule is CN(C(=O)C1CCS(=O)(=O)C1)C1CCc2ccccc21. The largest absolute Gasteiger partial charge is 0.338 e. The van der Waals surface area contributed by atoms with E-state index in [-0.39, 0.29) is 29.4 Å². The number of nitrogens with zero attached hydrogens (tertiary/aromatic N) is 1. The predicted octanol–water partition coefficient (Wildman–Crippen LogP) is 1.57. The summed E-state index contributed by atoms with van der Waals surface area (Å²) in [6.07, 6.45) is 2.39. The third-order valence-corrected chi connectivity index (χ3v) is 6.27. The summed E-state index contributed by atoms with van der Waals surface area (Å²) in [6, 6.07) is 8.29. The third kappa shape index (κ3) is 2.35. The van der Waals surface area contributed by atoms with Gasteiger partial charge in [0.2, 0.25) is 5.91 Å². The average molecular weight is 293 g/mol. The topological polar surface area (TPSA) is 54.5 Å². The predicted molar refractivity (Wildman–Crippen MR) is 77.0 cm³/mol. The van der Waals surface area contributed by atoms with Gasteiger partial charge in [0.05, 0.1) is 23.5 Å². The minimum Gasteiger partial charge on any atom is -0.338 e. The molecule has 0 radical (unpaired) electrons. The second-order valence-electron chi connectivity index (χ2n) is 5.80. The van der Waals surface area contributed by atoms with Crippen LogP contribution >= 0.6 is 0 Å². The van der Waals surface area contributed by atoms with Crippen LogP contribution in [0.2, 0.25) is 0 Å². The van der Waals surface area contributed by atoms with Gasteiger partial charge in [-0.05, 0) is 30.4 Å². The van der Waals surface area contributed by atoms with E-state index in [0.717, 1.165) is 12.8 Å². The minimum atomic E-state index is -3.01. The molecule has 2 unspecified atom stereocenters. The number of hydrogen-bond acceptors (Lipinski definition) is 3. The maximum atomic E-state index is 12.5. The summed E-state index contributed by atoms with van der Waals surface area (Å²) in [4.78, 5) is 14.3. The van der Waals surface area contributed by atoms with Gasteiger partial charge in [-0.25, -0.2) is 8.42 Å². The molecule has 108 valence electrons. The monoisotopic (exact) mass is 293 g/mol. The molecule has 0 aromatic heterocycles. The van der Waals surface area contributed by atoms with Gasteiger partial charge < -0.3 is 4.90 Å². The molecule has 5 heteroatoms. The lowest BCUT2D eigenvalue weighted by Gasteiger charge is -2.27. The number of carbonyl (C=O) groups is 1. The lowest BCUT2D eigenvalue weighted by molar-refractivity contribution is -0.135. The molecule has 1 saturated heterocycles.